The van der Waals surface area contributed by atoms with Crippen molar-refractivity contribution in [3.8, 4) is 5.75 Å². The van der Waals surface area contributed by atoms with Gasteiger partial charge in [-0.25, -0.2) is 9.59 Å². The molecular weight excluding hydrogens is 480 g/mol. The molecular formula is C27H32N2O8. The Morgan fingerprint density at radius 2 is 1.76 bits per heavy atom. The van der Waals surface area contributed by atoms with Crippen LogP contribution in [0.2, 0.25) is 0 Å². The predicted molar refractivity (Wildman–Crippen MR) is 136 cm³/mol. The van der Waals surface area contributed by atoms with Gasteiger partial charge in [-0.1, -0.05) is 39.3 Å². The number of nitro groups is 1. The lowest BCUT2D eigenvalue weighted by Crippen LogP contribution is -2.36. The second-order valence-electron chi connectivity index (χ2n) is 9.58. The van der Waals surface area contributed by atoms with Gasteiger partial charge in [0.1, 0.15) is 17.5 Å². The lowest BCUT2D eigenvalue weighted by atomic mass is 9.75. The molecule has 10 heteroatoms. The van der Waals surface area contributed by atoms with E-state index in [0.717, 1.165) is 19.3 Å². The number of hydrogen-bond acceptors (Lipinski definition) is 8. The second-order valence-corrected chi connectivity index (χ2v) is 9.58. The fraction of sp³-hybridized carbons (Fsp3) is 0.444. The molecule has 1 aliphatic carbocycles. The van der Waals surface area contributed by atoms with Crippen LogP contribution in [0.3, 0.4) is 0 Å². The van der Waals surface area contributed by atoms with Crippen molar-refractivity contribution in [2.24, 2.45) is 17.8 Å². The maximum absolute atomic E-state index is 13.1. The molecule has 1 aliphatic rings. The third-order valence-corrected chi connectivity index (χ3v) is 6.60. The molecule has 0 unspecified atom stereocenters. The van der Waals surface area contributed by atoms with Crippen LogP contribution in [0.1, 0.15) is 60.7 Å². The molecule has 0 saturated heterocycles. The summed E-state index contributed by atoms with van der Waals surface area (Å²) in [6.45, 7) is 5.63. The number of ether oxygens (including phenoxy) is 3. The van der Waals surface area contributed by atoms with Crippen molar-refractivity contribution in [1.82, 2.24) is 0 Å². The smallest absolute Gasteiger partial charge is 0.339 e. The highest BCUT2D eigenvalue weighted by atomic mass is 16.6. The highest BCUT2D eigenvalue weighted by molar-refractivity contribution is 6.04. The molecule has 0 radical (unpaired) electrons. The molecule has 10 nitrogen and oxygen atoms in total. The lowest BCUT2D eigenvalue weighted by molar-refractivity contribution is -0.383. The summed E-state index contributed by atoms with van der Waals surface area (Å²) in [6, 6.07) is 9.97. The highest BCUT2D eigenvalue weighted by Crippen LogP contribution is 2.36. The fourth-order valence-corrected chi connectivity index (χ4v) is 4.59. The molecule has 37 heavy (non-hydrogen) atoms. The van der Waals surface area contributed by atoms with E-state index >= 15 is 0 Å². The van der Waals surface area contributed by atoms with Crippen molar-refractivity contribution in [2.45, 2.75) is 46.1 Å². The Labute approximate surface area is 215 Å². The Kier molecular flexibility index (Phi) is 9.21. The van der Waals surface area contributed by atoms with Gasteiger partial charge in [0.2, 0.25) is 0 Å². The van der Waals surface area contributed by atoms with Crippen LogP contribution in [0.5, 0.6) is 5.75 Å². The number of nitrogens with one attached hydrogen (secondary N) is 1. The van der Waals surface area contributed by atoms with Crippen LogP contribution in [-0.2, 0) is 14.3 Å². The molecule has 3 atom stereocenters. The molecule has 1 amide bonds. The van der Waals surface area contributed by atoms with Crippen molar-refractivity contribution in [3.05, 3.63) is 63.7 Å². The van der Waals surface area contributed by atoms with E-state index in [0.29, 0.717) is 17.6 Å². The number of carbonyl (C=O) groups is 3. The number of hydrogen-bond donors (Lipinski definition) is 1. The SMILES string of the molecule is COc1ccc([N+](=O)[O-])c(NC(=O)COC(=O)c2ccccc2C(=O)O[C@@H]2C[C@H](C)CC[C@H]2C(C)C)c1. The third-order valence-electron chi connectivity index (χ3n) is 6.60. The average molecular weight is 513 g/mol. The number of rotatable bonds is 9. The molecule has 198 valence electrons. The molecule has 0 bridgehead atoms. The molecule has 0 spiro atoms. The zero-order valence-electron chi connectivity index (χ0n) is 21.4. The van der Waals surface area contributed by atoms with Crippen molar-refractivity contribution < 1.29 is 33.5 Å². The van der Waals surface area contributed by atoms with Gasteiger partial charge in [-0.15, -0.1) is 0 Å². The van der Waals surface area contributed by atoms with Crippen molar-refractivity contribution >= 4 is 29.2 Å². The van der Waals surface area contributed by atoms with Gasteiger partial charge in [0.25, 0.3) is 11.6 Å². The summed E-state index contributed by atoms with van der Waals surface area (Å²) in [7, 11) is 1.38. The van der Waals surface area contributed by atoms with E-state index < -0.39 is 29.4 Å². The van der Waals surface area contributed by atoms with Gasteiger partial charge in [0.15, 0.2) is 6.61 Å². The second kappa shape index (κ2) is 12.3. The average Bonchev–Trinajstić information content (AvgIpc) is 2.86. The summed E-state index contributed by atoms with van der Waals surface area (Å²) in [5.41, 5.74) is -0.421. The number of carbonyl (C=O) groups excluding carboxylic acids is 3. The fourth-order valence-electron chi connectivity index (χ4n) is 4.59. The van der Waals surface area contributed by atoms with Gasteiger partial charge in [0.05, 0.1) is 23.2 Å². The zero-order valence-corrected chi connectivity index (χ0v) is 21.4. The minimum Gasteiger partial charge on any atom is -0.497 e. The molecule has 1 fully saturated rings. The molecule has 3 rings (SSSR count). The van der Waals surface area contributed by atoms with Crippen LogP contribution in [-0.4, -0.2) is 42.6 Å². The lowest BCUT2D eigenvalue weighted by Gasteiger charge is -2.36. The van der Waals surface area contributed by atoms with Gasteiger partial charge >= 0.3 is 11.9 Å². The van der Waals surface area contributed by atoms with E-state index in [1.807, 2.05) is 0 Å². The van der Waals surface area contributed by atoms with E-state index in [9.17, 15) is 24.5 Å². The third kappa shape index (κ3) is 7.05. The monoisotopic (exact) mass is 512 g/mol. The van der Waals surface area contributed by atoms with E-state index in [-0.39, 0.29) is 34.5 Å². The van der Waals surface area contributed by atoms with E-state index in [1.165, 1.54) is 37.4 Å². The highest BCUT2D eigenvalue weighted by Gasteiger charge is 2.34. The molecule has 2 aromatic rings. The maximum Gasteiger partial charge on any atom is 0.339 e. The first-order valence-corrected chi connectivity index (χ1v) is 12.2. The molecule has 0 aromatic heterocycles. The summed E-state index contributed by atoms with van der Waals surface area (Å²) in [5, 5.41) is 13.6. The Bertz CT molecular complexity index is 1160. The molecule has 0 aliphatic heterocycles. The number of amides is 1. The van der Waals surface area contributed by atoms with Gasteiger partial charge in [-0.2, -0.15) is 0 Å². The molecule has 0 heterocycles. The van der Waals surface area contributed by atoms with E-state index in [1.54, 1.807) is 12.1 Å². The summed E-state index contributed by atoms with van der Waals surface area (Å²) < 4.78 is 16.0. The van der Waals surface area contributed by atoms with Crippen LogP contribution in [0.4, 0.5) is 11.4 Å². The van der Waals surface area contributed by atoms with Gasteiger partial charge in [0, 0.05) is 12.1 Å². The Hall–Kier alpha value is -3.95. The summed E-state index contributed by atoms with van der Waals surface area (Å²) in [5.74, 6) is -0.966. The first-order valence-electron chi connectivity index (χ1n) is 12.2. The maximum atomic E-state index is 13.1. The number of nitro benzene ring substituents is 1. The largest absolute Gasteiger partial charge is 0.497 e. The van der Waals surface area contributed by atoms with Crippen molar-refractivity contribution in [2.75, 3.05) is 19.0 Å². The van der Waals surface area contributed by atoms with Crippen molar-refractivity contribution in [3.63, 3.8) is 0 Å². The Morgan fingerprint density at radius 1 is 1.08 bits per heavy atom. The van der Waals surface area contributed by atoms with Gasteiger partial charge < -0.3 is 19.5 Å². The number of benzene rings is 2. The summed E-state index contributed by atoms with van der Waals surface area (Å²) >= 11 is 0. The summed E-state index contributed by atoms with van der Waals surface area (Å²) in [6.07, 6.45) is 2.57. The first kappa shape index (κ1) is 27.6. The van der Waals surface area contributed by atoms with Gasteiger partial charge in [-0.05, 0) is 48.8 Å². The van der Waals surface area contributed by atoms with Crippen LogP contribution in [0.15, 0.2) is 42.5 Å². The van der Waals surface area contributed by atoms with Crippen molar-refractivity contribution in [1.29, 1.82) is 0 Å². The standard InChI is InChI=1S/C27H32N2O8/c1-16(2)19-11-9-17(3)13-24(19)37-27(32)21-8-6-5-7-20(21)26(31)36-15-25(30)28-22-14-18(35-4)10-12-23(22)29(33)34/h5-8,10,12,14,16-17,19,24H,9,11,13,15H2,1-4H3,(H,28,30)/t17-,19+,24-/m1/s1. The van der Waals surface area contributed by atoms with Gasteiger partial charge in [-0.3, -0.25) is 14.9 Å². The van der Waals surface area contributed by atoms with Crippen LogP contribution in [0.25, 0.3) is 0 Å². The number of esters is 2. The molecule has 1 N–H and O–H groups in total. The number of anilines is 1. The van der Waals surface area contributed by atoms with E-state index in [2.05, 4.69) is 26.1 Å². The van der Waals surface area contributed by atoms with Crippen LogP contribution >= 0.6 is 0 Å². The van der Waals surface area contributed by atoms with E-state index in [4.69, 9.17) is 14.2 Å². The number of nitrogens with zero attached hydrogens (tertiary/aromatic N) is 1. The minimum atomic E-state index is -0.889. The topological polar surface area (TPSA) is 134 Å². The quantitative estimate of drug-likeness (QED) is 0.281. The molecule has 2 aromatic carbocycles. The Morgan fingerprint density at radius 3 is 2.38 bits per heavy atom. The van der Waals surface area contributed by atoms with Crippen LogP contribution in [0, 0.1) is 27.9 Å². The normalized spacial score (nSPS) is 19.1. The number of methoxy groups -OCH3 is 1. The Balaban J connectivity index is 1.68. The summed E-state index contributed by atoms with van der Waals surface area (Å²) in [4.78, 5) is 48.8. The predicted octanol–water partition coefficient (Wildman–Crippen LogP) is 5.02. The zero-order chi connectivity index (χ0) is 27.1. The molecule has 1 saturated carbocycles. The first-order chi connectivity index (χ1) is 17.6. The minimum absolute atomic E-state index is 0.0300. The van der Waals surface area contributed by atoms with Crippen LogP contribution < -0.4 is 10.1 Å².